The highest BCUT2D eigenvalue weighted by atomic mass is 19.1. The lowest BCUT2D eigenvalue weighted by molar-refractivity contribution is -0.0857. The van der Waals surface area contributed by atoms with E-state index in [0.717, 1.165) is 144 Å². The van der Waals surface area contributed by atoms with E-state index in [1.807, 2.05) is 21.5 Å². The van der Waals surface area contributed by atoms with Gasteiger partial charge in [0.05, 0.1) is 82.7 Å². The number of nitrogens with two attached hydrogens (primary N) is 1. The monoisotopic (exact) mass is 1400 g/mol. The summed E-state index contributed by atoms with van der Waals surface area (Å²) in [6.07, 6.45) is 8.48. The molecule has 4 aromatic heterocycles. The summed E-state index contributed by atoms with van der Waals surface area (Å²) in [5.74, 6) is 0.121. The standard InChI is InChI=1S/C39H50F2N8O5.C34H42F2N8O3/c1-37(2,3)49(36(51)52)32-17-28-24(15-29(32)41)9-6-11-39(28)19-31-27(22-54-39)33(43-35(42-31)53-23-38-10-7-13-47(38)20-25(40)18-38)46-12-8-14-48-26(21-46)16-30(44-48)34(50)45(4)5;1-41(2)31(45)28-13-23-18-42(9-5-11-44(23)40-28)30-24-19-47-34(8-3-6-21-12-26(36)27(37)14-25(21)34)16-29(24)38-32(39-30)46-20-33-7-4-10-43(33)17-22(35)15-33/h15-17,25H,6-14,18-23H2,1-5H3,(H,51,52);12-14,22H,3-11,15-20,37H2,1-2H3/t25-,38+,39?;22-,33+,34?/m11/s1. The zero-order chi connectivity index (χ0) is 70.7. The average molecular weight is 1400 g/mol. The number of benzene rings is 2. The maximum atomic E-state index is 15.7. The summed E-state index contributed by atoms with van der Waals surface area (Å²) >= 11 is 0. The van der Waals surface area contributed by atoms with Crippen molar-refractivity contribution < 1.29 is 56.0 Å². The molecule has 3 N–H and O–H groups in total. The van der Waals surface area contributed by atoms with Gasteiger partial charge in [-0.05, 0) is 170 Å². The molecule has 2 unspecified atom stereocenters. The third kappa shape index (κ3) is 12.7. The first-order valence-electron chi connectivity index (χ1n) is 35.9. The first-order chi connectivity index (χ1) is 48.3. The van der Waals surface area contributed by atoms with Gasteiger partial charge in [-0.3, -0.25) is 33.7 Å². The summed E-state index contributed by atoms with van der Waals surface area (Å²) < 4.78 is 89.9. The predicted octanol–water partition coefficient (Wildman–Crippen LogP) is 9.23. The van der Waals surface area contributed by atoms with Crippen molar-refractivity contribution in [3.8, 4) is 12.0 Å². The van der Waals surface area contributed by atoms with Crippen LogP contribution in [-0.4, -0.2) is 192 Å². The van der Waals surface area contributed by atoms with E-state index in [1.165, 1.54) is 15.9 Å². The van der Waals surface area contributed by atoms with Gasteiger partial charge in [-0.25, -0.2) is 22.4 Å². The number of nitrogen functional groups attached to an aromatic ring is 1. The van der Waals surface area contributed by atoms with Crippen molar-refractivity contribution in [2.24, 2.45) is 0 Å². The van der Waals surface area contributed by atoms with Crippen LogP contribution in [0.15, 0.2) is 36.4 Å². The quantitative estimate of drug-likeness (QED) is 0.0906. The molecule has 101 heavy (non-hydrogen) atoms. The normalized spacial score (nSPS) is 25.9. The Hall–Kier alpha value is -8.21. The van der Waals surface area contributed by atoms with E-state index in [2.05, 4.69) is 29.8 Å². The lowest BCUT2D eigenvalue weighted by atomic mass is 9.74. The van der Waals surface area contributed by atoms with Crippen LogP contribution in [0.5, 0.6) is 12.0 Å². The molecule has 6 aromatic rings. The maximum Gasteiger partial charge on any atom is 0.412 e. The van der Waals surface area contributed by atoms with Crippen molar-refractivity contribution >= 4 is 40.9 Å². The van der Waals surface area contributed by atoms with Gasteiger partial charge in [0.1, 0.15) is 48.8 Å². The number of hydrogen-bond donors (Lipinski definition) is 2. The van der Waals surface area contributed by atoms with E-state index in [1.54, 1.807) is 67.2 Å². The van der Waals surface area contributed by atoms with Gasteiger partial charge in [-0.15, -0.1) is 0 Å². The maximum absolute atomic E-state index is 15.7. The number of ether oxygens (including phenoxy) is 4. The molecule has 4 fully saturated rings. The number of carboxylic acid groups (broad SMARTS) is 1. The molecule has 12 heterocycles. The molecule has 2 aliphatic carbocycles. The molecular formula is C73H92F4N16O8. The van der Waals surface area contributed by atoms with E-state index in [9.17, 15) is 32.7 Å². The van der Waals surface area contributed by atoms with Gasteiger partial charge in [0.25, 0.3) is 11.8 Å². The number of aryl methyl sites for hydroxylation is 4. The number of anilines is 4. The highest BCUT2D eigenvalue weighted by molar-refractivity contribution is 5.92. The van der Waals surface area contributed by atoms with Crippen LogP contribution < -0.4 is 29.9 Å². The van der Waals surface area contributed by atoms with Crippen LogP contribution in [-0.2, 0) is 85.8 Å². The first kappa shape index (κ1) is 68.6. The number of amides is 3. The highest BCUT2D eigenvalue weighted by Crippen LogP contribution is 2.51. The minimum atomic E-state index is -1.24. The van der Waals surface area contributed by atoms with Crippen molar-refractivity contribution in [3.05, 3.63) is 116 Å². The number of rotatable bonds is 11. The molecule has 4 saturated heterocycles. The zero-order valence-corrected chi connectivity index (χ0v) is 58.9. The van der Waals surface area contributed by atoms with E-state index < -0.39 is 46.8 Å². The van der Waals surface area contributed by atoms with Crippen LogP contribution in [0.2, 0.25) is 0 Å². The Kier molecular flexibility index (Phi) is 17.8. The lowest BCUT2D eigenvalue weighted by Crippen LogP contribution is -2.46. The smallest absolute Gasteiger partial charge is 0.412 e. The van der Waals surface area contributed by atoms with Crippen molar-refractivity contribution in [1.29, 1.82) is 0 Å². The van der Waals surface area contributed by atoms with Crippen LogP contribution in [0.25, 0.3) is 0 Å². The van der Waals surface area contributed by atoms with Crippen molar-refractivity contribution in [1.82, 2.24) is 59.1 Å². The topological polar surface area (TPSA) is 244 Å². The second-order valence-electron chi connectivity index (χ2n) is 31.1. The van der Waals surface area contributed by atoms with E-state index in [-0.39, 0.29) is 66.1 Å². The summed E-state index contributed by atoms with van der Waals surface area (Å²) in [5, 5.41) is 19.4. The number of carbonyl (C=O) groups is 3. The summed E-state index contributed by atoms with van der Waals surface area (Å²) in [6.45, 7) is 12.5. The Balaban J connectivity index is 0.000000165. The Morgan fingerprint density at radius 3 is 1.53 bits per heavy atom. The molecule has 0 bridgehead atoms. The number of alkyl halides is 2. The van der Waals surface area contributed by atoms with E-state index >= 15 is 4.39 Å². The molecule has 3 amide bonds. The minimum Gasteiger partial charge on any atom is -0.465 e. The van der Waals surface area contributed by atoms with Gasteiger partial charge in [-0.1, -0.05) is 0 Å². The lowest BCUT2D eigenvalue weighted by Gasteiger charge is -2.44. The third-order valence-electron chi connectivity index (χ3n) is 22.9. The molecular weight excluding hydrogens is 1300 g/mol. The van der Waals surface area contributed by atoms with Crippen LogP contribution in [0.4, 0.5) is 45.4 Å². The number of halogens is 4. The number of nitrogens with zero attached hydrogens (tertiary/aromatic N) is 15. The highest BCUT2D eigenvalue weighted by Gasteiger charge is 2.52. The van der Waals surface area contributed by atoms with Crippen molar-refractivity contribution in [3.63, 3.8) is 0 Å². The third-order valence-corrected chi connectivity index (χ3v) is 22.9. The van der Waals surface area contributed by atoms with Gasteiger partial charge in [0.15, 0.2) is 11.4 Å². The fourth-order valence-electron chi connectivity index (χ4n) is 18.0. The van der Waals surface area contributed by atoms with Crippen molar-refractivity contribution in [2.45, 2.75) is 203 Å². The zero-order valence-electron chi connectivity index (χ0n) is 58.9. The number of fused-ring (bicyclic) bond motifs is 10. The SMILES string of the molecule is CN(C)C(=O)c1cc2n(n1)CCCN(c1nc(OC[C@@]34CCCN3C[C@H](F)C4)nc3c1COC1(CCCc4cc(F)c(N(C(=O)O)C(C)(C)C)cc41)C3)C2.CN(C)C(=O)c1cc2n(n1)CCCN(c1nc(OC[C@@]34CCCN3C[C@H](F)C4)nc3c1COC1(CCCc4cc(F)c(N)cc41)C3)C2. The van der Waals surface area contributed by atoms with E-state index in [0.29, 0.717) is 115 Å². The molecule has 6 atom stereocenters. The van der Waals surface area contributed by atoms with Gasteiger partial charge in [-0.2, -0.15) is 30.1 Å². The predicted molar refractivity (Wildman–Crippen MR) is 367 cm³/mol. The largest absolute Gasteiger partial charge is 0.465 e. The number of carbonyl (C=O) groups excluding carboxylic acids is 2. The Morgan fingerprint density at radius 2 is 1.08 bits per heavy atom. The molecule has 16 rings (SSSR count). The summed E-state index contributed by atoms with van der Waals surface area (Å²) in [5.41, 5.74) is 12.3. The molecule has 2 spiro atoms. The molecule has 540 valence electrons. The second kappa shape index (κ2) is 26.2. The Labute approximate surface area is 585 Å². The summed E-state index contributed by atoms with van der Waals surface area (Å²) in [7, 11) is 6.86. The molecule has 24 nitrogen and oxygen atoms in total. The summed E-state index contributed by atoms with van der Waals surface area (Å²) in [6, 6.07) is 10.6. The van der Waals surface area contributed by atoms with Crippen molar-refractivity contribution in [2.75, 3.05) is 101 Å². The summed E-state index contributed by atoms with van der Waals surface area (Å²) in [4.78, 5) is 71.0. The number of hydrogen-bond acceptors (Lipinski definition) is 18. The van der Waals surface area contributed by atoms with Crippen LogP contribution in [0.1, 0.15) is 175 Å². The molecule has 8 aliphatic heterocycles. The fourth-order valence-corrected chi connectivity index (χ4v) is 18.0. The average Bonchev–Trinajstić information content (AvgIpc) is 1.72. The van der Waals surface area contributed by atoms with Crippen LogP contribution in [0, 0.1) is 11.6 Å². The molecule has 0 saturated carbocycles. The molecule has 28 heteroatoms. The Morgan fingerprint density at radius 1 is 0.614 bits per heavy atom. The molecule has 0 radical (unpaired) electrons. The molecule has 10 aliphatic rings. The second-order valence-corrected chi connectivity index (χ2v) is 31.1. The minimum absolute atomic E-state index is 0.00628. The van der Waals surface area contributed by atoms with Gasteiger partial charge < -0.3 is 49.4 Å². The fraction of sp³-hybridized carbons (Fsp3) is 0.603. The first-order valence-corrected chi connectivity index (χ1v) is 35.9. The Bertz CT molecular complexity index is 4240. The number of aromatic nitrogens is 8. The van der Waals surface area contributed by atoms with Gasteiger partial charge in [0, 0.05) is 110 Å². The van der Waals surface area contributed by atoms with E-state index in [4.69, 9.17) is 44.6 Å². The van der Waals surface area contributed by atoms with Gasteiger partial charge in [0.2, 0.25) is 0 Å². The van der Waals surface area contributed by atoms with Gasteiger partial charge >= 0.3 is 18.1 Å². The van der Waals surface area contributed by atoms with Crippen LogP contribution >= 0.6 is 0 Å². The van der Waals surface area contributed by atoms with Crippen LogP contribution in [0.3, 0.4) is 0 Å². The molecule has 2 aromatic carbocycles.